The molecule has 0 radical (unpaired) electrons. The van der Waals surface area contributed by atoms with Crippen LogP contribution >= 0.6 is 0 Å². The van der Waals surface area contributed by atoms with Gasteiger partial charge in [-0.25, -0.2) is 19.5 Å². The van der Waals surface area contributed by atoms with Gasteiger partial charge in [-0.05, 0) is 54.1 Å². The summed E-state index contributed by atoms with van der Waals surface area (Å²) in [6.07, 6.45) is 4.85. The van der Waals surface area contributed by atoms with Crippen molar-refractivity contribution in [2.45, 2.75) is 6.54 Å². The van der Waals surface area contributed by atoms with E-state index in [1.807, 2.05) is 42.5 Å². The van der Waals surface area contributed by atoms with Gasteiger partial charge in [0.25, 0.3) is 11.8 Å². The predicted molar refractivity (Wildman–Crippen MR) is 152 cm³/mol. The van der Waals surface area contributed by atoms with Crippen LogP contribution in [0, 0.1) is 0 Å². The van der Waals surface area contributed by atoms with Crippen LogP contribution in [0.3, 0.4) is 0 Å². The number of carbonyl (C=O) groups excluding carboxylic acids is 2. The van der Waals surface area contributed by atoms with Gasteiger partial charge in [-0.2, -0.15) is 5.10 Å². The first-order chi connectivity index (χ1) is 20.1. The highest BCUT2D eigenvalue weighted by Gasteiger charge is 2.20. The van der Waals surface area contributed by atoms with Crippen LogP contribution in [0.2, 0.25) is 0 Å². The minimum Gasteiger partial charge on any atom is -0.378 e. The quantitative estimate of drug-likeness (QED) is 0.292. The molecule has 12 nitrogen and oxygen atoms in total. The van der Waals surface area contributed by atoms with Crippen LogP contribution in [-0.4, -0.2) is 62.7 Å². The second-order valence-electron chi connectivity index (χ2n) is 9.70. The number of hydrogen-bond acceptors (Lipinski definition) is 9. The maximum Gasteiger partial charge on any atom is 0.255 e. The Labute approximate surface area is 234 Å². The van der Waals surface area contributed by atoms with Crippen LogP contribution < -0.4 is 20.9 Å². The van der Waals surface area contributed by atoms with E-state index in [4.69, 9.17) is 4.74 Å². The smallest absolute Gasteiger partial charge is 0.255 e. The topological polar surface area (TPSA) is 139 Å². The first-order valence-corrected chi connectivity index (χ1v) is 13.2. The van der Waals surface area contributed by atoms with Gasteiger partial charge in [0.2, 0.25) is 0 Å². The SMILES string of the molecule is O=C(Nc1ccc(N2CCOCC2)nc1)c1ccc(Nc2ncc(-c3ccc4c(c3)CNC4=O)n3ncnc23)cc1. The van der Waals surface area contributed by atoms with Gasteiger partial charge in [-0.3, -0.25) is 9.59 Å². The highest BCUT2D eigenvalue weighted by molar-refractivity contribution is 6.04. The number of nitrogens with zero attached hydrogens (tertiary/aromatic N) is 6. The molecular weight excluding hydrogens is 522 g/mol. The number of carbonyl (C=O) groups is 2. The van der Waals surface area contributed by atoms with Crippen molar-refractivity contribution in [3.05, 3.63) is 90.0 Å². The standard InChI is InChI=1S/C29H25N9O3/c39-28(36-22-6-8-25(30-15-22)37-9-11-41-12-10-37)18-1-4-21(5-2-18)35-26-27-33-17-34-38(27)24(16-31-26)19-3-7-23-20(13-19)14-32-29(23)40/h1-8,13,15-17H,9-12,14H2,(H,31,35)(H,32,40)(H,36,39). The van der Waals surface area contributed by atoms with Crippen LogP contribution in [0.1, 0.15) is 26.3 Å². The molecule has 1 saturated heterocycles. The number of amides is 2. The van der Waals surface area contributed by atoms with Gasteiger partial charge in [0.15, 0.2) is 11.5 Å². The Morgan fingerprint density at radius 1 is 0.927 bits per heavy atom. The number of ether oxygens (including phenoxy) is 1. The van der Waals surface area contributed by atoms with E-state index in [1.165, 1.54) is 6.33 Å². The number of nitrogens with one attached hydrogen (secondary N) is 3. The lowest BCUT2D eigenvalue weighted by atomic mass is 10.0. The van der Waals surface area contributed by atoms with Gasteiger partial charge >= 0.3 is 0 Å². The first-order valence-electron chi connectivity index (χ1n) is 13.2. The molecule has 5 aromatic rings. The minimum atomic E-state index is -0.231. The summed E-state index contributed by atoms with van der Waals surface area (Å²) in [6.45, 7) is 3.48. The molecule has 0 spiro atoms. The summed E-state index contributed by atoms with van der Waals surface area (Å²) in [5.74, 6) is 1.10. The van der Waals surface area contributed by atoms with Crippen molar-refractivity contribution in [1.82, 2.24) is 29.9 Å². The molecular formula is C29H25N9O3. The van der Waals surface area contributed by atoms with E-state index in [9.17, 15) is 9.59 Å². The van der Waals surface area contributed by atoms with E-state index >= 15 is 0 Å². The van der Waals surface area contributed by atoms with E-state index in [1.54, 1.807) is 29.0 Å². The highest BCUT2D eigenvalue weighted by atomic mass is 16.5. The Hall–Kier alpha value is -5.36. The van der Waals surface area contributed by atoms with Crippen molar-refractivity contribution in [3.63, 3.8) is 0 Å². The normalized spacial score (nSPS) is 14.5. The van der Waals surface area contributed by atoms with E-state index in [-0.39, 0.29) is 11.8 Å². The van der Waals surface area contributed by atoms with Crippen molar-refractivity contribution in [2.24, 2.45) is 0 Å². The molecule has 2 amide bonds. The van der Waals surface area contributed by atoms with Crippen LogP contribution in [-0.2, 0) is 11.3 Å². The molecule has 3 N–H and O–H groups in total. The Morgan fingerprint density at radius 3 is 2.56 bits per heavy atom. The number of hydrogen-bond donors (Lipinski definition) is 3. The average Bonchev–Trinajstić information content (AvgIpc) is 3.66. The Bertz CT molecular complexity index is 1760. The first kappa shape index (κ1) is 24.7. The molecule has 0 atom stereocenters. The van der Waals surface area contributed by atoms with Crippen LogP contribution in [0.15, 0.2) is 73.3 Å². The number of anilines is 4. The minimum absolute atomic E-state index is 0.0613. The zero-order valence-electron chi connectivity index (χ0n) is 21.9. The molecule has 0 unspecified atom stereocenters. The number of benzene rings is 2. The summed E-state index contributed by atoms with van der Waals surface area (Å²) >= 11 is 0. The molecule has 3 aromatic heterocycles. The van der Waals surface area contributed by atoms with Crippen molar-refractivity contribution < 1.29 is 14.3 Å². The van der Waals surface area contributed by atoms with Crippen molar-refractivity contribution >= 4 is 40.5 Å². The third-order valence-corrected chi connectivity index (χ3v) is 7.14. The molecule has 41 heavy (non-hydrogen) atoms. The van der Waals surface area contributed by atoms with Crippen molar-refractivity contribution in [1.29, 1.82) is 0 Å². The van der Waals surface area contributed by atoms with Gasteiger partial charge in [0.1, 0.15) is 12.1 Å². The zero-order chi connectivity index (χ0) is 27.8. The molecule has 7 rings (SSSR count). The largest absolute Gasteiger partial charge is 0.378 e. The van der Waals surface area contributed by atoms with Gasteiger partial charge in [0, 0.05) is 42.0 Å². The number of aromatic nitrogens is 5. The Morgan fingerprint density at radius 2 is 1.76 bits per heavy atom. The molecule has 5 heterocycles. The second kappa shape index (κ2) is 10.3. The van der Waals surface area contributed by atoms with Crippen LogP contribution in [0.5, 0.6) is 0 Å². The molecule has 204 valence electrons. The molecule has 0 aliphatic carbocycles. The average molecular weight is 548 g/mol. The lowest BCUT2D eigenvalue weighted by Crippen LogP contribution is -2.36. The zero-order valence-corrected chi connectivity index (χ0v) is 21.9. The maximum absolute atomic E-state index is 12.8. The Kier molecular flexibility index (Phi) is 6.21. The summed E-state index contributed by atoms with van der Waals surface area (Å²) in [7, 11) is 0. The number of fused-ring (bicyclic) bond motifs is 2. The van der Waals surface area contributed by atoms with E-state index in [0.29, 0.717) is 48.0 Å². The van der Waals surface area contributed by atoms with E-state index in [2.05, 4.69) is 40.9 Å². The summed E-state index contributed by atoms with van der Waals surface area (Å²) in [5, 5.41) is 13.4. The molecule has 2 aromatic carbocycles. The fourth-order valence-corrected chi connectivity index (χ4v) is 4.98. The third-order valence-electron chi connectivity index (χ3n) is 7.14. The lowest BCUT2D eigenvalue weighted by Gasteiger charge is -2.27. The molecule has 2 aliphatic rings. The molecule has 12 heteroatoms. The fraction of sp³-hybridized carbons (Fsp3) is 0.172. The van der Waals surface area contributed by atoms with Crippen molar-refractivity contribution in [3.8, 4) is 11.3 Å². The fourth-order valence-electron chi connectivity index (χ4n) is 4.98. The van der Waals surface area contributed by atoms with E-state index < -0.39 is 0 Å². The summed E-state index contributed by atoms with van der Waals surface area (Å²) in [6, 6.07) is 16.5. The third kappa shape index (κ3) is 4.80. The second-order valence-corrected chi connectivity index (χ2v) is 9.70. The predicted octanol–water partition coefficient (Wildman–Crippen LogP) is 3.26. The molecule has 0 saturated carbocycles. The van der Waals surface area contributed by atoms with Gasteiger partial charge in [0.05, 0.1) is 37.0 Å². The number of pyridine rings is 1. The summed E-state index contributed by atoms with van der Waals surface area (Å²) in [5.41, 5.74) is 5.68. The summed E-state index contributed by atoms with van der Waals surface area (Å²) in [4.78, 5) is 40.4. The molecule has 1 fully saturated rings. The number of morpholine rings is 1. The van der Waals surface area contributed by atoms with Crippen molar-refractivity contribution in [2.75, 3.05) is 41.8 Å². The number of rotatable bonds is 6. The van der Waals surface area contributed by atoms with Crippen LogP contribution in [0.4, 0.5) is 23.0 Å². The van der Waals surface area contributed by atoms with Gasteiger partial charge in [-0.1, -0.05) is 6.07 Å². The molecule has 0 bridgehead atoms. The molecule has 2 aliphatic heterocycles. The van der Waals surface area contributed by atoms with Gasteiger partial charge < -0.3 is 25.6 Å². The Balaban J connectivity index is 1.04. The summed E-state index contributed by atoms with van der Waals surface area (Å²) < 4.78 is 7.10. The van der Waals surface area contributed by atoms with Crippen LogP contribution in [0.25, 0.3) is 16.9 Å². The maximum atomic E-state index is 12.8. The highest BCUT2D eigenvalue weighted by Crippen LogP contribution is 2.28. The monoisotopic (exact) mass is 547 g/mol. The van der Waals surface area contributed by atoms with Gasteiger partial charge in [-0.15, -0.1) is 0 Å². The lowest BCUT2D eigenvalue weighted by molar-refractivity contribution is 0.0964. The van der Waals surface area contributed by atoms with E-state index in [0.717, 1.165) is 41.4 Å².